The van der Waals surface area contributed by atoms with Gasteiger partial charge in [0.1, 0.15) is 5.82 Å². The van der Waals surface area contributed by atoms with Crippen molar-refractivity contribution in [3.8, 4) is 0 Å². The van der Waals surface area contributed by atoms with E-state index in [4.69, 9.17) is 11.6 Å². The van der Waals surface area contributed by atoms with Gasteiger partial charge in [-0.05, 0) is 48.4 Å². The van der Waals surface area contributed by atoms with Crippen LogP contribution in [0.4, 0.5) is 4.39 Å². The summed E-state index contributed by atoms with van der Waals surface area (Å²) in [5, 5.41) is 4.18. The molecule has 1 atom stereocenters. The molecule has 2 aromatic rings. The topological polar surface area (TPSA) is 12.0 Å². The van der Waals surface area contributed by atoms with Gasteiger partial charge < -0.3 is 5.32 Å². The van der Waals surface area contributed by atoms with Gasteiger partial charge in [0, 0.05) is 15.5 Å². The molecule has 0 aliphatic carbocycles. The summed E-state index contributed by atoms with van der Waals surface area (Å²) in [6.45, 7) is 2.94. The zero-order chi connectivity index (χ0) is 14.5. The van der Waals surface area contributed by atoms with Crippen LogP contribution in [0, 0.1) is 5.82 Å². The largest absolute Gasteiger partial charge is 0.310 e. The van der Waals surface area contributed by atoms with E-state index < -0.39 is 0 Å². The minimum atomic E-state index is -0.230. The van der Waals surface area contributed by atoms with Crippen molar-refractivity contribution in [1.29, 1.82) is 0 Å². The molecule has 1 unspecified atom stereocenters. The van der Waals surface area contributed by atoms with Crippen molar-refractivity contribution in [2.75, 3.05) is 6.54 Å². The molecular weight excluding hydrogens is 341 g/mol. The molecule has 0 saturated heterocycles. The van der Waals surface area contributed by atoms with Crippen LogP contribution in [0.25, 0.3) is 0 Å². The van der Waals surface area contributed by atoms with Crippen LogP contribution >= 0.6 is 27.5 Å². The van der Waals surface area contributed by atoms with Gasteiger partial charge in [-0.15, -0.1) is 0 Å². The molecule has 0 spiro atoms. The Morgan fingerprint density at radius 3 is 2.50 bits per heavy atom. The fourth-order valence-corrected chi connectivity index (χ4v) is 2.80. The summed E-state index contributed by atoms with van der Waals surface area (Å²) in [5.41, 5.74) is 2.25. The Hall–Kier alpha value is -0.900. The van der Waals surface area contributed by atoms with Crippen LogP contribution in [0.5, 0.6) is 0 Å². The van der Waals surface area contributed by atoms with Gasteiger partial charge in [0.25, 0.3) is 0 Å². The Bertz CT molecular complexity index is 571. The van der Waals surface area contributed by atoms with Crippen LogP contribution in [0.15, 0.2) is 46.9 Å². The van der Waals surface area contributed by atoms with Crippen molar-refractivity contribution in [3.05, 3.63) is 68.9 Å². The normalized spacial score (nSPS) is 12.4. The highest BCUT2D eigenvalue weighted by Crippen LogP contribution is 2.25. The monoisotopic (exact) mass is 355 g/mol. The van der Waals surface area contributed by atoms with Crippen molar-refractivity contribution in [2.24, 2.45) is 0 Å². The lowest BCUT2D eigenvalue weighted by Gasteiger charge is -2.19. The van der Waals surface area contributed by atoms with Crippen molar-refractivity contribution in [2.45, 2.75) is 19.4 Å². The summed E-state index contributed by atoms with van der Waals surface area (Å²) in [7, 11) is 0. The van der Waals surface area contributed by atoms with Crippen LogP contribution in [0.3, 0.4) is 0 Å². The molecule has 1 N–H and O–H groups in total. The van der Waals surface area contributed by atoms with E-state index >= 15 is 0 Å². The molecule has 1 nitrogen and oxygen atoms in total. The van der Waals surface area contributed by atoms with E-state index in [1.54, 1.807) is 0 Å². The van der Waals surface area contributed by atoms with Crippen LogP contribution in [0.1, 0.15) is 24.1 Å². The average molecular weight is 357 g/mol. The van der Waals surface area contributed by atoms with E-state index in [0.717, 1.165) is 28.0 Å². The fourth-order valence-electron chi connectivity index (χ4n) is 2.16. The van der Waals surface area contributed by atoms with Gasteiger partial charge in [-0.2, -0.15) is 0 Å². The quantitative estimate of drug-likeness (QED) is 0.782. The zero-order valence-corrected chi connectivity index (χ0v) is 13.5. The molecule has 0 aromatic heterocycles. The van der Waals surface area contributed by atoms with Crippen LogP contribution in [-0.4, -0.2) is 6.54 Å². The second-order valence-electron chi connectivity index (χ2n) is 4.60. The first kappa shape index (κ1) is 15.5. The Labute approximate surface area is 132 Å². The molecule has 0 amide bonds. The zero-order valence-electron chi connectivity index (χ0n) is 11.2. The van der Waals surface area contributed by atoms with E-state index in [0.29, 0.717) is 0 Å². The first-order valence-corrected chi connectivity index (χ1v) is 7.70. The maximum absolute atomic E-state index is 13.1. The number of hydrogen-bond donors (Lipinski definition) is 1. The smallest absolute Gasteiger partial charge is 0.124 e. The van der Waals surface area contributed by atoms with E-state index in [1.807, 2.05) is 30.3 Å². The molecule has 0 saturated carbocycles. The van der Waals surface area contributed by atoms with Gasteiger partial charge in [0.15, 0.2) is 0 Å². The van der Waals surface area contributed by atoms with E-state index in [2.05, 4.69) is 28.2 Å². The molecule has 2 rings (SSSR count). The van der Waals surface area contributed by atoms with E-state index in [-0.39, 0.29) is 11.9 Å². The maximum Gasteiger partial charge on any atom is 0.124 e. The third kappa shape index (κ3) is 4.05. The SMILES string of the molecule is CCNC(Cc1ccc(F)cc1Br)c1ccc(Cl)cc1. The van der Waals surface area contributed by atoms with E-state index in [9.17, 15) is 4.39 Å². The van der Waals surface area contributed by atoms with Crippen molar-refractivity contribution in [1.82, 2.24) is 5.32 Å². The van der Waals surface area contributed by atoms with Gasteiger partial charge in [-0.25, -0.2) is 4.39 Å². The van der Waals surface area contributed by atoms with Gasteiger partial charge >= 0.3 is 0 Å². The highest BCUT2D eigenvalue weighted by molar-refractivity contribution is 9.10. The van der Waals surface area contributed by atoms with Gasteiger partial charge in [-0.1, -0.05) is 52.7 Å². The summed E-state index contributed by atoms with van der Waals surface area (Å²) in [6.07, 6.45) is 0.788. The number of likely N-dealkylation sites (N-methyl/N-ethyl adjacent to an activating group) is 1. The predicted molar refractivity (Wildman–Crippen MR) is 85.7 cm³/mol. The maximum atomic E-state index is 13.1. The first-order chi connectivity index (χ1) is 9.60. The second kappa shape index (κ2) is 7.21. The molecule has 2 aromatic carbocycles. The van der Waals surface area contributed by atoms with Crippen LogP contribution < -0.4 is 5.32 Å². The van der Waals surface area contributed by atoms with Crippen LogP contribution in [0.2, 0.25) is 5.02 Å². The molecule has 106 valence electrons. The second-order valence-corrected chi connectivity index (χ2v) is 5.89. The molecule has 0 bridgehead atoms. The summed E-state index contributed by atoms with van der Waals surface area (Å²) >= 11 is 9.35. The third-order valence-corrected chi connectivity index (χ3v) is 4.15. The Kier molecular flexibility index (Phi) is 5.58. The fraction of sp³-hybridized carbons (Fsp3) is 0.250. The Morgan fingerprint density at radius 1 is 1.20 bits per heavy atom. The Balaban J connectivity index is 2.22. The molecule has 0 aliphatic rings. The molecule has 20 heavy (non-hydrogen) atoms. The highest BCUT2D eigenvalue weighted by Gasteiger charge is 2.13. The van der Waals surface area contributed by atoms with Gasteiger partial charge in [-0.3, -0.25) is 0 Å². The first-order valence-electron chi connectivity index (χ1n) is 6.53. The lowest BCUT2D eigenvalue weighted by molar-refractivity contribution is 0.548. The number of hydrogen-bond acceptors (Lipinski definition) is 1. The van der Waals surface area contributed by atoms with Gasteiger partial charge in [0.2, 0.25) is 0 Å². The van der Waals surface area contributed by atoms with Crippen molar-refractivity contribution >= 4 is 27.5 Å². The molecule has 0 aliphatic heterocycles. The predicted octanol–water partition coefficient (Wildman–Crippen LogP) is 5.13. The molecule has 0 radical (unpaired) electrons. The van der Waals surface area contributed by atoms with Gasteiger partial charge in [0.05, 0.1) is 0 Å². The molecule has 4 heteroatoms. The highest BCUT2D eigenvalue weighted by atomic mass is 79.9. The molecular formula is C16H16BrClFN. The number of rotatable bonds is 5. The lowest BCUT2D eigenvalue weighted by Crippen LogP contribution is -2.23. The third-order valence-electron chi connectivity index (χ3n) is 3.16. The summed E-state index contributed by atoms with van der Waals surface area (Å²) in [4.78, 5) is 0. The minimum absolute atomic E-state index is 0.180. The minimum Gasteiger partial charge on any atom is -0.310 e. The molecule has 0 fully saturated rings. The number of halogens is 3. The number of benzene rings is 2. The van der Waals surface area contributed by atoms with Crippen molar-refractivity contribution < 1.29 is 4.39 Å². The van der Waals surface area contributed by atoms with E-state index in [1.165, 1.54) is 17.7 Å². The molecule has 0 heterocycles. The summed E-state index contributed by atoms with van der Waals surface area (Å²) in [5.74, 6) is -0.230. The Morgan fingerprint density at radius 2 is 1.90 bits per heavy atom. The van der Waals surface area contributed by atoms with Crippen molar-refractivity contribution in [3.63, 3.8) is 0 Å². The van der Waals surface area contributed by atoms with Crippen LogP contribution in [-0.2, 0) is 6.42 Å². The summed E-state index contributed by atoms with van der Waals surface area (Å²) < 4.78 is 13.9. The summed E-state index contributed by atoms with van der Waals surface area (Å²) in [6, 6.07) is 12.8. The standard InChI is InChI=1S/C16H16BrClFN/c1-2-20-16(11-3-6-13(18)7-4-11)9-12-5-8-14(19)10-15(12)17/h3-8,10,16,20H,2,9H2,1H3. The lowest BCUT2D eigenvalue weighted by atomic mass is 9.99. The average Bonchev–Trinajstić information content (AvgIpc) is 2.42. The number of nitrogens with one attached hydrogen (secondary N) is 1.